The summed E-state index contributed by atoms with van der Waals surface area (Å²) in [5.41, 5.74) is 1.85. The Hall–Kier alpha value is -1.25. The topological polar surface area (TPSA) is 73.8 Å². The van der Waals surface area contributed by atoms with Crippen LogP contribution >= 0.6 is 11.8 Å². The molecule has 1 aromatic rings. The highest BCUT2D eigenvalue weighted by Gasteiger charge is 2.28. The lowest BCUT2D eigenvalue weighted by Gasteiger charge is -2.39. The molecule has 1 fully saturated rings. The second kappa shape index (κ2) is 9.98. The summed E-state index contributed by atoms with van der Waals surface area (Å²) in [5, 5.41) is 3.40. The zero-order valence-electron chi connectivity index (χ0n) is 17.7. The van der Waals surface area contributed by atoms with Crippen molar-refractivity contribution in [2.45, 2.75) is 57.7 Å². The lowest BCUT2D eigenvalue weighted by molar-refractivity contribution is 0.376. The van der Waals surface area contributed by atoms with E-state index in [0.29, 0.717) is 6.54 Å². The van der Waals surface area contributed by atoms with E-state index in [1.165, 1.54) is 0 Å². The normalized spacial score (nSPS) is 17.8. The van der Waals surface area contributed by atoms with Gasteiger partial charge in [-0.25, -0.2) is 18.1 Å². The Morgan fingerprint density at radius 3 is 2.46 bits per heavy atom. The highest BCUT2D eigenvalue weighted by atomic mass is 32.2. The number of hydrogen-bond acceptors (Lipinski definition) is 4. The van der Waals surface area contributed by atoms with Gasteiger partial charge in [0, 0.05) is 36.2 Å². The minimum atomic E-state index is -3.30. The van der Waals surface area contributed by atoms with E-state index < -0.39 is 10.0 Å². The van der Waals surface area contributed by atoms with E-state index in [4.69, 9.17) is 4.99 Å². The van der Waals surface area contributed by atoms with E-state index in [1.807, 2.05) is 49.9 Å². The molecule has 6 nitrogen and oxygen atoms in total. The number of nitrogens with one attached hydrogen (secondary N) is 2. The van der Waals surface area contributed by atoms with Gasteiger partial charge in [-0.2, -0.15) is 11.8 Å². The molecular formula is C20H34N4O2S2. The van der Waals surface area contributed by atoms with Gasteiger partial charge in [0.1, 0.15) is 0 Å². The molecule has 1 aromatic carbocycles. The molecule has 0 spiro atoms. The predicted octanol–water partition coefficient (Wildman–Crippen LogP) is 2.81. The van der Waals surface area contributed by atoms with E-state index in [2.05, 4.69) is 35.7 Å². The third-order valence-electron chi connectivity index (χ3n) is 4.27. The van der Waals surface area contributed by atoms with Gasteiger partial charge in [-0.1, -0.05) is 24.3 Å². The van der Waals surface area contributed by atoms with Gasteiger partial charge in [0.05, 0.1) is 12.3 Å². The first-order chi connectivity index (χ1) is 13.1. The molecule has 0 radical (unpaired) electrons. The van der Waals surface area contributed by atoms with Crippen molar-refractivity contribution >= 4 is 27.7 Å². The van der Waals surface area contributed by atoms with Gasteiger partial charge in [-0.3, -0.25) is 0 Å². The monoisotopic (exact) mass is 426 g/mol. The average molecular weight is 427 g/mol. The number of hydrogen-bond donors (Lipinski definition) is 2. The van der Waals surface area contributed by atoms with Crippen molar-refractivity contribution in [2.75, 3.05) is 25.4 Å². The Labute approximate surface area is 174 Å². The molecule has 0 saturated carbocycles. The lowest BCUT2D eigenvalue weighted by Crippen LogP contribution is -2.50. The van der Waals surface area contributed by atoms with Crippen LogP contribution in [0.4, 0.5) is 0 Å². The summed E-state index contributed by atoms with van der Waals surface area (Å²) in [5.74, 6) is 2.05. The molecule has 0 aliphatic carbocycles. The molecule has 1 aliphatic heterocycles. The van der Waals surface area contributed by atoms with E-state index >= 15 is 0 Å². The second-order valence-corrected chi connectivity index (χ2v) is 11.6. The second-order valence-electron chi connectivity index (χ2n) is 8.05. The van der Waals surface area contributed by atoms with Crippen LogP contribution in [0.3, 0.4) is 0 Å². The maximum atomic E-state index is 12.1. The quantitative estimate of drug-likeness (QED) is 0.518. The smallest absolute Gasteiger partial charge is 0.216 e. The molecule has 0 unspecified atom stereocenters. The first kappa shape index (κ1) is 23.0. The Bertz CT molecular complexity index is 759. The molecule has 1 saturated heterocycles. The van der Waals surface area contributed by atoms with E-state index in [1.54, 1.807) is 0 Å². The number of aliphatic imine (C=N–C) groups is 1. The van der Waals surface area contributed by atoms with Crippen molar-refractivity contribution < 1.29 is 8.42 Å². The zero-order chi connectivity index (χ0) is 20.8. The molecular weight excluding hydrogens is 392 g/mol. The summed E-state index contributed by atoms with van der Waals surface area (Å²) >= 11 is 2.00. The molecule has 158 valence electrons. The number of sulfonamides is 1. The first-order valence-electron chi connectivity index (χ1n) is 9.85. The standard InChI is InChI=1S/C20H34N4O2S2/c1-6-21-19(24-11-12-27-20(4,5)15-24)22-13-17-7-9-18(10-8-17)14-28(25,26)23-16(2)3/h7-10,16,23H,6,11-15H2,1-5H3,(H,21,22). The van der Waals surface area contributed by atoms with Gasteiger partial charge in [0.25, 0.3) is 0 Å². The SMILES string of the molecule is CCNC(=NCc1ccc(CS(=O)(=O)NC(C)C)cc1)N1CCSC(C)(C)C1. The largest absolute Gasteiger partial charge is 0.357 e. The van der Waals surface area contributed by atoms with E-state index in [-0.39, 0.29) is 16.5 Å². The molecule has 0 atom stereocenters. The van der Waals surface area contributed by atoms with Crippen molar-refractivity contribution in [3.63, 3.8) is 0 Å². The summed E-state index contributed by atoms with van der Waals surface area (Å²) in [4.78, 5) is 7.14. The van der Waals surface area contributed by atoms with Gasteiger partial charge in [-0.05, 0) is 45.7 Å². The third-order valence-corrected chi connectivity index (χ3v) is 7.11. The highest BCUT2D eigenvalue weighted by molar-refractivity contribution is 8.00. The Morgan fingerprint density at radius 2 is 1.89 bits per heavy atom. The van der Waals surface area contributed by atoms with Crippen LogP contribution in [0.25, 0.3) is 0 Å². The van der Waals surface area contributed by atoms with Gasteiger partial charge in [-0.15, -0.1) is 0 Å². The molecule has 1 aliphatic rings. The van der Waals surface area contributed by atoms with Crippen LogP contribution in [-0.4, -0.2) is 55.5 Å². The van der Waals surface area contributed by atoms with Gasteiger partial charge in [0.2, 0.25) is 10.0 Å². The summed E-state index contributed by atoms with van der Waals surface area (Å²) < 4.78 is 27.0. The summed E-state index contributed by atoms with van der Waals surface area (Å²) in [6.45, 7) is 13.7. The number of rotatable bonds is 7. The minimum absolute atomic E-state index is 0.00209. The van der Waals surface area contributed by atoms with Crippen LogP contribution < -0.4 is 10.0 Å². The number of guanidine groups is 1. The fraction of sp³-hybridized carbons (Fsp3) is 0.650. The van der Waals surface area contributed by atoms with Crippen molar-refractivity contribution in [3.05, 3.63) is 35.4 Å². The van der Waals surface area contributed by atoms with Crippen LogP contribution in [0.2, 0.25) is 0 Å². The molecule has 0 amide bonds. The highest BCUT2D eigenvalue weighted by Crippen LogP contribution is 2.29. The molecule has 0 bridgehead atoms. The maximum absolute atomic E-state index is 12.1. The van der Waals surface area contributed by atoms with Crippen LogP contribution in [0.15, 0.2) is 29.3 Å². The third kappa shape index (κ3) is 7.64. The zero-order valence-corrected chi connectivity index (χ0v) is 19.3. The molecule has 2 rings (SSSR count). The van der Waals surface area contributed by atoms with Gasteiger partial charge in [0.15, 0.2) is 5.96 Å². The lowest BCUT2D eigenvalue weighted by atomic mass is 10.1. The molecule has 2 N–H and O–H groups in total. The Kier molecular flexibility index (Phi) is 8.21. The number of nitrogens with zero attached hydrogens (tertiary/aromatic N) is 2. The fourth-order valence-electron chi connectivity index (χ4n) is 3.15. The molecule has 0 aromatic heterocycles. The molecule has 8 heteroatoms. The number of thioether (sulfide) groups is 1. The van der Waals surface area contributed by atoms with E-state index in [9.17, 15) is 8.42 Å². The molecule has 28 heavy (non-hydrogen) atoms. The molecule has 1 heterocycles. The minimum Gasteiger partial charge on any atom is -0.357 e. The first-order valence-corrected chi connectivity index (χ1v) is 12.5. The summed E-state index contributed by atoms with van der Waals surface area (Å²) in [7, 11) is -3.30. The Morgan fingerprint density at radius 1 is 1.25 bits per heavy atom. The van der Waals surface area contributed by atoms with Crippen molar-refractivity contribution in [1.29, 1.82) is 0 Å². The predicted molar refractivity (Wildman–Crippen MR) is 120 cm³/mol. The number of benzene rings is 1. The van der Waals surface area contributed by atoms with Crippen molar-refractivity contribution in [1.82, 2.24) is 14.9 Å². The van der Waals surface area contributed by atoms with Gasteiger partial charge < -0.3 is 10.2 Å². The summed E-state index contributed by atoms with van der Waals surface area (Å²) in [6, 6.07) is 7.57. The fourth-order valence-corrected chi connectivity index (χ4v) is 5.69. The Balaban J connectivity index is 2.03. The van der Waals surface area contributed by atoms with E-state index in [0.717, 1.165) is 42.5 Å². The average Bonchev–Trinajstić information content (AvgIpc) is 2.57. The van der Waals surface area contributed by atoms with Crippen LogP contribution in [0, 0.1) is 0 Å². The van der Waals surface area contributed by atoms with Gasteiger partial charge >= 0.3 is 0 Å². The van der Waals surface area contributed by atoms with Crippen LogP contribution in [0.5, 0.6) is 0 Å². The maximum Gasteiger partial charge on any atom is 0.216 e. The van der Waals surface area contributed by atoms with Crippen molar-refractivity contribution in [3.8, 4) is 0 Å². The van der Waals surface area contributed by atoms with Crippen molar-refractivity contribution in [2.24, 2.45) is 4.99 Å². The van der Waals surface area contributed by atoms with Crippen LogP contribution in [0.1, 0.15) is 45.7 Å². The summed E-state index contributed by atoms with van der Waals surface area (Å²) in [6.07, 6.45) is 0. The van der Waals surface area contributed by atoms with Crippen LogP contribution in [-0.2, 0) is 22.3 Å².